The van der Waals surface area contributed by atoms with Gasteiger partial charge in [0.15, 0.2) is 5.78 Å². The third-order valence-corrected chi connectivity index (χ3v) is 5.21. The molecule has 6 heteroatoms. The van der Waals surface area contributed by atoms with Crippen molar-refractivity contribution in [3.8, 4) is 17.2 Å². The predicted octanol–water partition coefficient (Wildman–Crippen LogP) is 5.81. The largest absolute Gasteiger partial charge is 0.507 e. The molecule has 176 valence electrons. The fourth-order valence-corrected chi connectivity index (χ4v) is 3.70. The van der Waals surface area contributed by atoms with Gasteiger partial charge in [-0.2, -0.15) is 0 Å². The highest BCUT2D eigenvalue weighted by Crippen LogP contribution is 2.33. The number of ether oxygens (including phenoxy) is 2. The van der Waals surface area contributed by atoms with Crippen LogP contribution in [-0.2, 0) is 17.6 Å². The first-order valence-electron chi connectivity index (χ1n) is 10.8. The molecule has 3 rings (SSSR count). The molecule has 33 heavy (non-hydrogen) atoms. The number of benzene rings is 3. The predicted molar refractivity (Wildman–Crippen MR) is 130 cm³/mol. The molecule has 0 bridgehead atoms. The summed E-state index contributed by atoms with van der Waals surface area (Å²) < 4.78 is 11.9. The van der Waals surface area contributed by atoms with Crippen molar-refractivity contribution < 1.29 is 29.3 Å². The number of Topliss-reactive ketones (excluding diaryl/α,β-unsaturated/α-hetero) is 1. The number of aromatic hydroxyl groups is 1. The van der Waals surface area contributed by atoms with Crippen molar-refractivity contribution in [3.63, 3.8) is 0 Å². The molecule has 0 aromatic heterocycles. The molecule has 0 saturated heterocycles. The molecule has 0 atom stereocenters. The molecule has 0 aliphatic rings. The second kappa shape index (κ2) is 11.9. The van der Waals surface area contributed by atoms with Gasteiger partial charge in [-0.3, -0.25) is 9.59 Å². The molecule has 0 spiro atoms. The Labute approximate surface area is 194 Å². The van der Waals surface area contributed by atoms with E-state index in [0.29, 0.717) is 54.2 Å². The summed E-state index contributed by atoms with van der Waals surface area (Å²) in [6.07, 6.45) is 1.87. The third kappa shape index (κ3) is 6.25. The van der Waals surface area contributed by atoms with Crippen molar-refractivity contribution >= 4 is 22.5 Å². The Bertz CT molecular complexity index is 1120. The number of carboxylic acid groups (broad SMARTS) is 1. The lowest BCUT2D eigenvalue weighted by molar-refractivity contribution is -0.136. The van der Waals surface area contributed by atoms with Crippen LogP contribution >= 0.6 is 0 Å². The van der Waals surface area contributed by atoms with Crippen LogP contribution in [0.3, 0.4) is 0 Å². The molecule has 0 amide bonds. The highest BCUT2D eigenvalue weighted by atomic mass is 16.5. The minimum atomic E-state index is -0.911. The monoisotopic (exact) mass is 452 g/mol. The SMILES string of the molecule is C.CCCc1c(OCCCOc2c(CC(=O)O)ccc3ccccc23)ccc(C(C)=O)c1O. The third-order valence-electron chi connectivity index (χ3n) is 5.21. The first-order chi connectivity index (χ1) is 15.4. The van der Waals surface area contributed by atoms with E-state index in [1.807, 2.05) is 37.3 Å². The Morgan fingerprint density at radius 3 is 2.39 bits per heavy atom. The van der Waals surface area contributed by atoms with E-state index >= 15 is 0 Å². The van der Waals surface area contributed by atoms with Crippen LogP contribution in [-0.4, -0.2) is 35.2 Å². The zero-order valence-electron chi connectivity index (χ0n) is 18.4. The Morgan fingerprint density at radius 1 is 0.970 bits per heavy atom. The molecule has 0 aliphatic carbocycles. The number of fused-ring (bicyclic) bond motifs is 1. The molecule has 6 nitrogen and oxygen atoms in total. The standard InChI is InChI=1S/C26H28O6.CH4/c1-3-7-22-23(13-12-20(17(2)27)25(22)30)31-14-6-15-32-26-19(16-24(28)29)11-10-18-8-4-5-9-21(18)26;/h4-5,8-13,30H,3,6-7,14-16H2,1-2H3,(H,28,29);1H4. The summed E-state index contributed by atoms with van der Waals surface area (Å²) in [6, 6.07) is 14.7. The van der Waals surface area contributed by atoms with E-state index in [1.54, 1.807) is 18.2 Å². The van der Waals surface area contributed by atoms with Crippen LogP contribution in [0.5, 0.6) is 17.2 Å². The molecule has 0 unspecified atom stereocenters. The van der Waals surface area contributed by atoms with Gasteiger partial charge in [0.25, 0.3) is 0 Å². The summed E-state index contributed by atoms with van der Waals surface area (Å²) in [4.78, 5) is 23.0. The number of hydrogen-bond donors (Lipinski definition) is 2. The maximum Gasteiger partial charge on any atom is 0.307 e. The lowest BCUT2D eigenvalue weighted by Crippen LogP contribution is -2.09. The van der Waals surface area contributed by atoms with Crippen molar-refractivity contribution in [1.82, 2.24) is 0 Å². The molecule has 3 aromatic carbocycles. The van der Waals surface area contributed by atoms with Gasteiger partial charge in [-0.05, 0) is 30.9 Å². The summed E-state index contributed by atoms with van der Waals surface area (Å²) in [5.74, 6) is 0.0339. The van der Waals surface area contributed by atoms with Crippen molar-refractivity contribution in [2.24, 2.45) is 0 Å². The Morgan fingerprint density at radius 2 is 1.70 bits per heavy atom. The lowest BCUT2D eigenvalue weighted by Gasteiger charge is -2.16. The number of carbonyl (C=O) groups excluding carboxylic acids is 1. The average molecular weight is 453 g/mol. The van der Waals surface area contributed by atoms with Gasteiger partial charge in [0, 0.05) is 22.9 Å². The van der Waals surface area contributed by atoms with Gasteiger partial charge in [-0.25, -0.2) is 0 Å². The van der Waals surface area contributed by atoms with Crippen LogP contribution in [0.2, 0.25) is 0 Å². The van der Waals surface area contributed by atoms with Gasteiger partial charge < -0.3 is 19.7 Å². The number of rotatable bonds is 11. The van der Waals surface area contributed by atoms with E-state index in [9.17, 15) is 19.8 Å². The summed E-state index contributed by atoms with van der Waals surface area (Å²) in [7, 11) is 0. The molecular weight excluding hydrogens is 420 g/mol. The van der Waals surface area contributed by atoms with Crippen LogP contribution in [0.15, 0.2) is 48.5 Å². The van der Waals surface area contributed by atoms with Gasteiger partial charge in [0.2, 0.25) is 0 Å². The number of phenols is 1. The minimum absolute atomic E-state index is 0. The van der Waals surface area contributed by atoms with Gasteiger partial charge in [0.1, 0.15) is 17.2 Å². The second-order valence-corrected chi connectivity index (χ2v) is 7.64. The zero-order valence-corrected chi connectivity index (χ0v) is 18.4. The number of hydrogen-bond acceptors (Lipinski definition) is 5. The average Bonchev–Trinajstić information content (AvgIpc) is 2.76. The van der Waals surface area contributed by atoms with Crippen molar-refractivity contribution in [2.45, 2.75) is 47.0 Å². The van der Waals surface area contributed by atoms with Gasteiger partial charge in [0.05, 0.1) is 25.2 Å². The van der Waals surface area contributed by atoms with Gasteiger partial charge in [-0.1, -0.05) is 57.2 Å². The fourth-order valence-electron chi connectivity index (χ4n) is 3.70. The van der Waals surface area contributed by atoms with E-state index in [4.69, 9.17) is 9.47 Å². The first kappa shape index (κ1) is 25.7. The van der Waals surface area contributed by atoms with Gasteiger partial charge >= 0.3 is 5.97 Å². The molecule has 0 aliphatic heterocycles. The van der Waals surface area contributed by atoms with Crippen molar-refractivity contribution in [2.75, 3.05) is 13.2 Å². The number of aliphatic carboxylic acids is 1. The van der Waals surface area contributed by atoms with E-state index in [0.717, 1.165) is 17.2 Å². The molecule has 0 radical (unpaired) electrons. The van der Waals surface area contributed by atoms with Gasteiger partial charge in [-0.15, -0.1) is 0 Å². The minimum Gasteiger partial charge on any atom is -0.507 e. The first-order valence-corrected chi connectivity index (χ1v) is 10.8. The number of carbonyl (C=O) groups is 2. The highest BCUT2D eigenvalue weighted by Gasteiger charge is 2.16. The molecule has 0 saturated carbocycles. The lowest BCUT2D eigenvalue weighted by atomic mass is 10.0. The Kier molecular flexibility index (Phi) is 9.28. The smallest absolute Gasteiger partial charge is 0.307 e. The molecule has 0 fully saturated rings. The zero-order chi connectivity index (χ0) is 23.1. The Hall–Kier alpha value is -3.54. The number of ketones is 1. The van der Waals surface area contributed by atoms with E-state index in [2.05, 4.69) is 0 Å². The fraction of sp³-hybridized carbons (Fsp3) is 0.333. The maximum absolute atomic E-state index is 11.7. The highest BCUT2D eigenvalue weighted by molar-refractivity contribution is 5.97. The summed E-state index contributed by atoms with van der Waals surface area (Å²) in [5, 5.41) is 21.5. The van der Waals surface area contributed by atoms with Crippen LogP contribution in [0.4, 0.5) is 0 Å². The number of phenolic OH excluding ortho intramolecular Hbond substituents is 1. The number of carboxylic acids is 1. The maximum atomic E-state index is 11.7. The van der Waals surface area contributed by atoms with E-state index in [1.165, 1.54) is 6.92 Å². The second-order valence-electron chi connectivity index (χ2n) is 7.64. The molecule has 0 heterocycles. The van der Waals surface area contributed by atoms with Crippen molar-refractivity contribution in [3.05, 3.63) is 65.2 Å². The normalized spacial score (nSPS) is 10.5. The molecule has 2 N–H and O–H groups in total. The van der Waals surface area contributed by atoms with Crippen LogP contribution in [0, 0.1) is 0 Å². The quantitative estimate of drug-likeness (QED) is 0.282. The molecule has 3 aromatic rings. The van der Waals surface area contributed by atoms with E-state index < -0.39 is 5.97 Å². The van der Waals surface area contributed by atoms with Crippen LogP contribution < -0.4 is 9.47 Å². The Balaban J connectivity index is 0.00000385. The summed E-state index contributed by atoms with van der Waals surface area (Å²) in [5.41, 5.74) is 1.57. The molecular formula is C27H32O6. The summed E-state index contributed by atoms with van der Waals surface area (Å²) in [6.45, 7) is 4.13. The van der Waals surface area contributed by atoms with Crippen LogP contribution in [0.1, 0.15) is 55.6 Å². The van der Waals surface area contributed by atoms with E-state index in [-0.39, 0.29) is 25.4 Å². The topological polar surface area (TPSA) is 93.1 Å². The van der Waals surface area contributed by atoms with Crippen LogP contribution in [0.25, 0.3) is 10.8 Å². The summed E-state index contributed by atoms with van der Waals surface area (Å²) >= 11 is 0. The van der Waals surface area contributed by atoms with Crippen molar-refractivity contribution in [1.29, 1.82) is 0 Å².